The summed E-state index contributed by atoms with van der Waals surface area (Å²) in [5, 5.41) is 11.5. The highest BCUT2D eigenvalue weighted by molar-refractivity contribution is 6.38. The zero-order chi connectivity index (χ0) is 39.6. The van der Waals surface area contributed by atoms with Gasteiger partial charge in [-0.05, 0) is 78.9 Å². The van der Waals surface area contributed by atoms with E-state index >= 15 is 0 Å². The third kappa shape index (κ3) is 9.18. The minimum absolute atomic E-state index is 0.0236. The summed E-state index contributed by atoms with van der Waals surface area (Å²) in [5.41, 5.74) is -0.835. The number of carbonyl (C=O) groups is 7. The van der Waals surface area contributed by atoms with Gasteiger partial charge in [-0.3, -0.25) is 33.7 Å². The average molecular weight is 753 g/mol. The Bertz CT molecular complexity index is 1470. The molecule has 1 unspecified atom stereocenters. The monoisotopic (exact) mass is 752 g/mol. The van der Waals surface area contributed by atoms with E-state index in [0.29, 0.717) is 13.0 Å². The second-order valence-corrected chi connectivity index (χ2v) is 18.6. The molecule has 0 aromatic rings. The lowest BCUT2D eigenvalue weighted by molar-refractivity contribution is -0.153. The lowest BCUT2D eigenvalue weighted by atomic mass is 9.80. The van der Waals surface area contributed by atoms with Crippen molar-refractivity contribution in [2.24, 2.45) is 34.0 Å². The maximum atomic E-state index is 14.9. The van der Waals surface area contributed by atoms with Crippen LogP contribution in [0.25, 0.3) is 0 Å². The number of nitrogens with zero attached hydrogens (tertiary/aromatic N) is 2. The number of urea groups is 1. The quantitative estimate of drug-likeness (QED) is 0.118. The molecule has 7 amide bonds. The third-order valence-electron chi connectivity index (χ3n) is 13.0. The van der Waals surface area contributed by atoms with Crippen LogP contribution in [0.4, 0.5) is 4.79 Å². The second kappa shape index (κ2) is 16.5. The van der Waals surface area contributed by atoms with Crippen LogP contribution in [0, 0.1) is 34.0 Å². The first-order valence-electron chi connectivity index (χ1n) is 20.4. The molecule has 0 radical (unpaired) electrons. The van der Waals surface area contributed by atoms with Crippen LogP contribution in [0.5, 0.6) is 0 Å². The number of nitrogens with one attached hydrogen (secondary N) is 4. The molecule has 4 N–H and O–H groups in total. The minimum Gasteiger partial charge on any atom is -0.346 e. The third-order valence-corrected chi connectivity index (χ3v) is 13.0. The predicted octanol–water partition coefficient (Wildman–Crippen LogP) is 4.00. The summed E-state index contributed by atoms with van der Waals surface area (Å²) in [6, 6.07) is -3.91. The fourth-order valence-corrected chi connectivity index (χ4v) is 9.63. The molecule has 2 aliphatic heterocycles. The Labute approximate surface area is 320 Å². The zero-order valence-electron chi connectivity index (χ0n) is 33.4. The van der Waals surface area contributed by atoms with Crippen molar-refractivity contribution < 1.29 is 33.6 Å². The number of hydrogen-bond acceptors (Lipinski definition) is 7. The number of rotatable bonds is 14. The highest BCUT2D eigenvalue weighted by Crippen LogP contribution is 2.66. The van der Waals surface area contributed by atoms with E-state index in [1.54, 1.807) is 4.90 Å². The van der Waals surface area contributed by atoms with Crippen molar-refractivity contribution in [3.8, 4) is 0 Å². The molecule has 5 fully saturated rings. The van der Waals surface area contributed by atoms with Gasteiger partial charge in [0, 0.05) is 32.5 Å². The van der Waals surface area contributed by atoms with Crippen molar-refractivity contribution in [3.05, 3.63) is 12.7 Å². The molecule has 13 heteroatoms. The largest absolute Gasteiger partial charge is 0.346 e. The topological polar surface area (TPSA) is 174 Å². The van der Waals surface area contributed by atoms with Crippen LogP contribution in [0.1, 0.15) is 125 Å². The van der Waals surface area contributed by atoms with Gasteiger partial charge in [-0.15, -0.1) is 6.58 Å². The summed E-state index contributed by atoms with van der Waals surface area (Å²) in [5.74, 6) is -2.87. The van der Waals surface area contributed by atoms with E-state index in [9.17, 15) is 33.6 Å². The molecule has 300 valence electrons. The number of fused-ring (bicyclic) bond motifs is 2. The van der Waals surface area contributed by atoms with Crippen LogP contribution < -0.4 is 21.3 Å². The van der Waals surface area contributed by atoms with Crippen molar-refractivity contribution in [3.63, 3.8) is 0 Å². The van der Waals surface area contributed by atoms with Crippen LogP contribution in [-0.2, 0) is 28.8 Å². The van der Waals surface area contributed by atoms with Crippen LogP contribution >= 0.6 is 0 Å². The molecule has 5 aliphatic rings. The Morgan fingerprint density at radius 3 is 2.15 bits per heavy atom. The van der Waals surface area contributed by atoms with Gasteiger partial charge in [0.15, 0.2) is 0 Å². The van der Waals surface area contributed by atoms with Gasteiger partial charge < -0.3 is 26.2 Å². The van der Waals surface area contributed by atoms with Gasteiger partial charge in [0.2, 0.25) is 29.4 Å². The molecule has 54 heavy (non-hydrogen) atoms. The summed E-state index contributed by atoms with van der Waals surface area (Å²) in [4.78, 5) is 98.2. The van der Waals surface area contributed by atoms with Crippen LogP contribution in [0.15, 0.2) is 12.7 Å². The SMILES string of the molecule is C=CCNC(=O)C(=O)C(CCC)NC(=O)[C@@H]1[C@H]2CCC3(CC3)[C@H]2CN1C(=O)[C@@H](NC(=O)N[C@H](CN1C(=O)CC(C)(C)CC1=O)C(C)(C)C)C1CCCCC1. The first kappa shape index (κ1) is 41.4. The smallest absolute Gasteiger partial charge is 0.315 e. The summed E-state index contributed by atoms with van der Waals surface area (Å²) >= 11 is 0. The summed E-state index contributed by atoms with van der Waals surface area (Å²) in [6.45, 7) is 15.6. The van der Waals surface area contributed by atoms with Crippen molar-refractivity contribution in [1.82, 2.24) is 31.1 Å². The van der Waals surface area contributed by atoms with Crippen molar-refractivity contribution in [1.29, 1.82) is 0 Å². The first-order valence-corrected chi connectivity index (χ1v) is 20.4. The molecule has 0 bridgehead atoms. The van der Waals surface area contributed by atoms with Gasteiger partial charge in [-0.2, -0.15) is 0 Å². The Morgan fingerprint density at radius 2 is 1.57 bits per heavy atom. The Kier molecular flexibility index (Phi) is 12.7. The first-order chi connectivity index (χ1) is 25.4. The zero-order valence-corrected chi connectivity index (χ0v) is 33.4. The van der Waals surface area contributed by atoms with Crippen molar-refractivity contribution in [2.75, 3.05) is 19.6 Å². The number of Topliss-reactive ketones (excluding diaryl/α,β-unsaturated/α-hetero) is 1. The van der Waals surface area contributed by atoms with Gasteiger partial charge in [-0.25, -0.2) is 4.79 Å². The molecule has 3 aliphatic carbocycles. The molecule has 13 nitrogen and oxygen atoms in total. The van der Waals surface area contributed by atoms with Gasteiger partial charge >= 0.3 is 6.03 Å². The van der Waals surface area contributed by atoms with E-state index in [0.717, 1.165) is 57.8 Å². The highest BCUT2D eigenvalue weighted by Gasteiger charge is 2.64. The number of imide groups is 1. The molecule has 3 saturated carbocycles. The van der Waals surface area contributed by atoms with E-state index in [1.807, 2.05) is 41.5 Å². The molecular weight excluding hydrogens is 688 g/mol. The molecule has 2 saturated heterocycles. The predicted molar refractivity (Wildman–Crippen MR) is 203 cm³/mol. The standard InChI is InChI=1S/C41H64N6O7/c1-8-13-28(34(50)36(52)42-20-9-2)43-35(51)33-26-16-17-41(18-19-41)27(26)23-47(33)37(53)32(25-14-11-10-12-15-25)45-38(54)44-29(39(3,4)5)24-46-30(48)21-40(6,7)22-31(46)49/h9,25-29,32-33H,2,8,10-24H2,1,3-7H3,(H,42,52)(H,43,51)(H2,44,45,54)/t26-,27-,28?,29+,32-,33-/m0/s1. The van der Waals surface area contributed by atoms with E-state index in [2.05, 4.69) is 27.8 Å². The van der Waals surface area contributed by atoms with E-state index in [4.69, 9.17) is 0 Å². The van der Waals surface area contributed by atoms with Gasteiger partial charge in [0.05, 0.1) is 12.1 Å². The normalized spacial score (nSPS) is 26.4. The highest BCUT2D eigenvalue weighted by atomic mass is 16.2. The maximum absolute atomic E-state index is 14.9. The molecule has 0 aromatic heterocycles. The van der Waals surface area contributed by atoms with E-state index in [1.165, 1.54) is 11.0 Å². The molecule has 1 spiro atoms. The van der Waals surface area contributed by atoms with Gasteiger partial charge in [0.25, 0.3) is 5.91 Å². The van der Waals surface area contributed by atoms with Gasteiger partial charge in [0.1, 0.15) is 12.1 Å². The van der Waals surface area contributed by atoms with Crippen LogP contribution in [0.2, 0.25) is 0 Å². The fraction of sp³-hybridized carbons (Fsp3) is 0.780. The fourth-order valence-electron chi connectivity index (χ4n) is 9.63. The summed E-state index contributed by atoms with van der Waals surface area (Å²) < 4.78 is 0. The molecule has 6 atom stereocenters. The number of piperidine rings is 1. The lowest BCUT2D eigenvalue weighted by Crippen LogP contribution is -2.62. The van der Waals surface area contributed by atoms with Crippen LogP contribution in [0.3, 0.4) is 0 Å². The number of amides is 7. The number of ketones is 1. The Morgan fingerprint density at radius 1 is 0.926 bits per heavy atom. The van der Waals surface area contributed by atoms with E-state index in [-0.39, 0.29) is 73.2 Å². The number of hydrogen-bond donors (Lipinski definition) is 4. The molecule has 0 aromatic carbocycles. The molecule has 2 heterocycles. The Balaban J connectivity index is 1.37. The molecule has 5 rings (SSSR count). The number of carbonyl (C=O) groups excluding carboxylic acids is 7. The minimum atomic E-state index is -1.03. The second-order valence-electron chi connectivity index (χ2n) is 18.6. The van der Waals surface area contributed by atoms with E-state index < -0.39 is 58.6 Å². The van der Waals surface area contributed by atoms with Crippen molar-refractivity contribution in [2.45, 2.75) is 149 Å². The summed E-state index contributed by atoms with van der Waals surface area (Å²) in [6.07, 6.45) is 11.1. The van der Waals surface area contributed by atoms with Crippen LogP contribution in [-0.4, -0.2) is 95.0 Å². The summed E-state index contributed by atoms with van der Waals surface area (Å²) in [7, 11) is 0. The van der Waals surface area contributed by atoms with Crippen molar-refractivity contribution >= 4 is 41.4 Å². The lowest BCUT2D eigenvalue weighted by Gasteiger charge is -2.40. The molecular formula is C41H64N6O7. The maximum Gasteiger partial charge on any atom is 0.315 e. The van der Waals surface area contributed by atoms with Gasteiger partial charge in [-0.1, -0.05) is 73.3 Å². The number of likely N-dealkylation sites (tertiary alicyclic amines) is 2. The Hall–Kier alpha value is -3.77. The average Bonchev–Trinajstić information content (AvgIpc) is 3.67.